The Hall–Kier alpha value is -3.31. The first-order valence-corrected chi connectivity index (χ1v) is 10.3. The molecule has 0 bridgehead atoms. The van der Waals surface area contributed by atoms with Gasteiger partial charge in [0.05, 0.1) is 24.7 Å². The molecule has 162 valence electrons. The van der Waals surface area contributed by atoms with Crippen LogP contribution in [0.25, 0.3) is 22.1 Å². The van der Waals surface area contributed by atoms with Crippen molar-refractivity contribution in [3.63, 3.8) is 0 Å². The van der Waals surface area contributed by atoms with E-state index in [-0.39, 0.29) is 12.0 Å². The van der Waals surface area contributed by atoms with Gasteiger partial charge in [-0.1, -0.05) is 29.4 Å². The van der Waals surface area contributed by atoms with Gasteiger partial charge in [-0.25, -0.2) is 0 Å². The van der Waals surface area contributed by atoms with Crippen molar-refractivity contribution >= 4 is 11.0 Å². The number of rotatable bonds is 9. The summed E-state index contributed by atoms with van der Waals surface area (Å²) in [5.74, 6) is 1.38. The zero-order valence-electron chi connectivity index (χ0n) is 18.2. The molecule has 1 N–H and O–H groups in total. The molecular weight excluding hydrogens is 392 g/mol. The van der Waals surface area contributed by atoms with Crippen molar-refractivity contribution in [2.24, 2.45) is 0 Å². The molecule has 0 atom stereocenters. The molecule has 3 aromatic rings. The second-order valence-corrected chi connectivity index (χ2v) is 7.47. The van der Waals surface area contributed by atoms with E-state index in [1.54, 1.807) is 25.3 Å². The molecule has 0 radical (unpaired) electrons. The van der Waals surface area contributed by atoms with Gasteiger partial charge in [-0.3, -0.25) is 4.79 Å². The SMILES string of the molecule is COc1ccc(-c2coc3cc(OCC=C(C)CCC=C(C)CO)ccc3c2=O)cc1. The number of benzene rings is 2. The van der Waals surface area contributed by atoms with Gasteiger partial charge in [0.2, 0.25) is 0 Å². The van der Waals surface area contributed by atoms with E-state index in [9.17, 15) is 4.79 Å². The quantitative estimate of drug-likeness (QED) is 0.462. The van der Waals surface area contributed by atoms with Gasteiger partial charge in [-0.15, -0.1) is 0 Å². The predicted octanol–water partition coefficient (Wildman–Crippen LogP) is 5.51. The molecule has 0 aliphatic carbocycles. The Morgan fingerprint density at radius 1 is 1.03 bits per heavy atom. The maximum atomic E-state index is 12.9. The van der Waals surface area contributed by atoms with Crippen molar-refractivity contribution in [3.8, 4) is 22.6 Å². The zero-order chi connectivity index (χ0) is 22.2. The van der Waals surface area contributed by atoms with Crippen LogP contribution < -0.4 is 14.9 Å². The Morgan fingerprint density at radius 3 is 2.48 bits per heavy atom. The lowest BCUT2D eigenvalue weighted by Gasteiger charge is -2.07. The highest BCUT2D eigenvalue weighted by molar-refractivity contribution is 5.82. The molecule has 3 rings (SSSR count). The van der Waals surface area contributed by atoms with Crippen LogP contribution in [0.3, 0.4) is 0 Å². The maximum absolute atomic E-state index is 12.9. The van der Waals surface area contributed by atoms with Crippen molar-refractivity contribution in [1.82, 2.24) is 0 Å². The largest absolute Gasteiger partial charge is 0.497 e. The third-order valence-electron chi connectivity index (χ3n) is 5.11. The van der Waals surface area contributed by atoms with Crippen LogP contribution in [0.15, 0.2) is 81.2 Å². The molecule has 0 unspecified atom stereocenters. The van der Waals surface area contributed by atoms with Crippen LogP contribution in [0.2, 0.25) is 0 Å². The van der Waals surface area contributed by atoms with Gasteiger partial charge in [-0.05, 0) is 62.6 Å². The lowest BCUT2D eigenvalue weighted by Crippen LogP contribution is -2.05. The molecule has 0 fully saturated rings. The molecule has 0 aliphatic heterocycles. The van der Waals surface area contributed by atoms with Crippen LogP contribution in [0.4, 0.5) is 0 Å². The minimum Gasteiger partial charge on any atom is -0.497 e. The van der Waals surface area contributed by atoms with Gasteiger partial charge in [-0.2, -0.15) is 0 Å². The van der Waals surface area contributed by atoms with Gasteiger partial charge in [0, 0.05) is 6.07 Å². The zero-order valence-corrected chi connectivity index (χ0v) is 18.2. The highest BCUT2D eigenvalue weighted by Crippen LogP contribution is 2.24. The minimum atomic E-state index is -0.0834. The van der Waals surface area contributed by atoms with Gasteiger partial charge in [0.15, 0.2) is 5.43 Å². The fourth-order valence-electron chi connectivity index (χ4n) is 3.16. The summed E-state index contributed by atoms with van der Waals surface area (Å²) in [6, 6.07) is 12.6. The number of hydrogen-bond donors (Lipinski definition) is 1. The van der Waals surface area contributed by atoms with E-state index in [4.69, 9.17) is 19.0 Å². The lowest BCUT2D eigenvalue weighted by atomic mass is 10.1. The average Bonchev–Trinajstić information content (AvgIpc) is 2.79. The topological polar surface area (TPSA) is 68.9 Å². The summed E-state index contributed by atoms with van der Waals surface area (Å²) in [4.78, 5) is 12.9. The van der Waals surface area contributed by atoms with E-state index in [0.29, 0.717) is 28.9 Å². The number of fused-ring (bicyclic) bond motifs is 1. The van der Waals surface area contributed by atoms with Crippen LogP contribution in [0.5, 0.6) is 11.5 Å². The van der Waals surface area contributed by atoms with E-state index in [2.05, 4.69) is 6.92 Å². The van der Waals surface area contributed by atoms with Gasteiger partial charge < -0.3 is 19.0 Å². The van der Waals surface area contributed by atoms with Crippen molar-refractivity contribution in [3.05, 3.63) is 82.2 Å². The summed E-state index contributed by atoms with van der Waals surface area (Å²) in [5.41, 5.74) is 3.90. The highest BCUT2D eigenvalue weighted by Gasteiger charge is 2.10. The molecule has 5 heteroatoms. The summed E-state index contributed by atoms with van der Waals surface area (Å²) in [6.45, 7) is 4.52. The normalized spacial score (nSPS) is 12.3. The molecule has 31 heavy (non-hydrogen) atoms. The van der Waals surface area contributed by atoms with Crippen LogP contribution in [0, 0.1) is 0 Å². The Bertz CT molecular complexity index is 1140. The molecule has 0 aliphatic rings. The number of aliphatic hydroxyl groups excluding tert-OH is 1. The Labute approximate surface area is 182 Å². The molecule has 1 aromatic heterocycles. The van der Waals surface area contributed by atoms with Crippen molar-refractivity contribution < 1.29 is 19.0 Å². The molecular formula is C26H28O5. The van der Waals surface area contributed by atoms with E-state index in [0.717, 1.165) is 29.7 Å². The lowest BCUT2D eigenvalue weighted by molar-refractivity contribution is 0.331. The predicted molar refractivity (Wildman–Crippen MR) is 124 cm³/mol. The minimum absolute atomic E-state index is 0.0834. The molecule has 1 heterocycles. The average molecular weight is 421 g/mol. The smallest absolute Gasteiger partial charge is 0.200 e. The monoisotopic (exact) mass is 420 g/mol. The van der Waals surface area contributed by atoms with Crippen molar-refractivity contribution in [2.45, 2.75) is 26.7 Å². The fraction of sp³-hybridized carbons (Fsp3) is 0.269. The second kappa shape index (κ2) is 10.6. The number of methoxy groups -OCH3 is 1. The van der Waals surface area contributed by atoms with Gasteiger partial charge >= 0.3 is 0 Å². The summed E-state index contributed by atoms with van der Waals surface area (Å²) in [5, 5.41) is 9.53. The third kappa shape index (κ3) is 5.86. The summed E-state index contributed by atoms with van der Waals surface area (Å²) >= 11 is 0. The van der Waals surface area contributed by atoms with Crippen LogP contribution in [-0.4, -0.2) is 25.4 Å². The number of hydrogen-bond acceptors (Lipinski definition) is 5. The first-order valence-electron chi connectivity index (χ1n) is 10.3. The second-order valence-electron chi connectivity index (χ2n) is 7.47. The first-order chi connectivity index (χ1) is 15.0. The number of ether oxygens (including phenoxy) is 2. The van der Waals surface area contributed by atoms with Gasteiger partial charge in [0.1, 0.15) is 30.0 Å². The van der Waals surface area contributed by atoms with Crippen LogP contribution in [-0.2, 0) is 0 Å². The highest BCUT2D eigenvalue weighted by atomic mass is 16.5. The Kier molecular flexibility index (Phi) is 7.68. The van der Waals surface area contributed by atoms with E-state index in [1.807, 2.05) is 43.3 Å². The molecule has 5 nitrogen and oxygen atoms in total. The standard InChI is InChI=1S/C26H28O5/c1-18(5-4-6-19(2)16-27)13-14-30-22-11-12-23-25(15-22)31-17-24(26(23)28)20-7-9-21(29-3)10-8-20/h6-13,15,17,27H,4-5,14,16H2,1-3H3. The van der Waals surface area contributed by atoms with Gasteiger partial charge in [0.25, 0.3) is 0 Å². The van der Waals surface area contributed by atoms with Crippen LogP contribution >= 0.6 is 0 Å². The molecule has 0 saturated carbocycles. The van der Waals surface area contributed by atoms with Crippen LogP contribution in [0.1, 0.15) is 26.7 Å². The van der Waals surface area contributed by atoms with E-state index in [1.165, 1.54) is 11.8 Å². The third-order valence-corrected chi connectivity index (χ3v) is 5.11. The summed E-state index contributed by atoms with van der Waals surface area (Å²) in [7, 11) is 1.60. The first kappa shape index (κ1) is 22.4. The summed E-state index contributed by atoms with van der Waals surface area (Å²) in [6.07, 6.45) is 7.38. The van der Waals surface area contributed by atoms with Crippen molar-refractivity contribution in [1.29, 1.82) is 0 Å². The fourth-order valence-corrected chi connectivity index (χ4v) is 3.16. The molecule has 0 saturated heterocycles. The molecule has 0 amide bonds. The Balaban J connectivity index is 1.69. The Morgan fingerprint density at radius 2 is 1.77 bits per heavy atom. The molecule has 0 spiro atoms. The number of allylic oxidation sites excluding steroid dienone is 2. The maximum Gasteiger partial charge on any atom is 0.200 e. The van der Waals surface area contributed by atoms with E-state index >= 15 is 0 Å². The summed E-state index contributed by atoms with van der Waals surface area (Å²) < 4.78 is 16.7. The molecule has 2 aromatic carbocycles. The van der Waals surface area contributed by atoms with Crippen molar-refractivity contribution in [2.75, 3.05) is 20.3 Å². The van der Waals surface area contributed by atoms with E-state index < -0.39 is 0 Å². The number of aliphatic hydroxyl groups is 1.